The minimum absolute atomic E-state index is 0.0463. The van der Waals surface area contributed by atoms with Gasteiger partial charge in [-0.2, -0.15) is 0 Å². The molecule has 6 N–H and O–H groups in total. The predicted molar refractivity (Wildman–Crippen MR) is 140 cm³/mol. The smallest absolute Gasteiger partial charge is 0.338 e. The SMILES string of the molecule is CN=C1NC(=O)C(CC(=O)N(C)C)S1.CN=C1NC(=O)C(CC(=O)O)S1.CNC(N)=O.O=C1C=CC(=O)O1. The van der Waals surface area contributed by atoms with E-state index >= 15 is 0 Å². The topological polar surface area (TPSA) is 239 Å². The minimum Gasteiger partial charge on any atom is -0.481 e. The van der Waals surface area contributed by atoms with Gasteiger partial charge in [0.15, 0.2) is 10.3 Å². The van der Waals surface area contributed by atoms with Crippen LogP contribution in [-0.2, 0) is 33.5 Å². The molecule has 0 aromatic heterocycles. The van der Waals surface area contributed by atoms with Crippen LogP contribution in [0.25, 0.3) is 0 Å². The van der Waals surface area contributed by atoms with Crippen molar-refractivity contribution in [1.29, 1.82) is 0 Å². The van der Waals surface area contributed by atoms with Crippen molar-refractivity contribution in [1.82, 2.24) is 20.9 Å². The molecule has 0 spiro atoms. The van der Waals surface area contributed by atoms with Gasteiger partial charge in [-0.15, -0.1) is 0 Å². The summed E-state index contributed by atoms with van der Waals surface area (Å²) in [5.41, 5.74) is 4.54. The summed E-state index contributed by atoms with van der Waals surface area (Å²) in [6.45, 7) is 0. The summed E-state index contributed by atoms with van der Waals surface area (Å²) in [6, 6.07) is -0.495. The monoisotopic (exact) mass is 575 g/mol. The first kappa shape index (κ1) is 34.1. The van der Waals surface area contributed by atoms with Crippen molar-refractivity contribution in [2.45, 2.75) is 23.3 Å². The van der Waals surface area contributed by atoms with E-state index in [4.69, 9.17) is 5.11 Å². The Morgan fingerprint density at radius 3 is 1.61 bits per heavy atom. The van der Waals surface area contributed by atoms with E-state index < -0.39 is 29.2 Å². The number of esters is 2. The maximum absolute atomic E-state index is 11.3. The first-order valence-corrected chi connectivity index (χ1v) is 12.2. The molecule has 3 aliphatic rings. The Hall–Kier alpha value is -3.93. The number of carbonyl (C=O) groups excluding carboxylic acids is 6. The summed E-state index contributed by atoms with van der Waals surface area (Å²) in [4.78, 5) is 82.3. The lowest BCUT2D eigenvalue weighted by molar-refractivity contribution is -0.150. The Bertz CT molecular complexity index is 1010. The van der Waals surface area contributed by atoms with Gasteiger partial charge in [-0.25, -0.2) is 14.4 Å². The Labute approximate surface area is 226 Å². The summed E-state index contributed by atoms with van der Waals surface area (Å²) < 4.78 is 3.97. The number of cyclic esters (lactones) is 2. The summed E-state index contributed by atoms with van der Waals surface area (Å²) in [6.07, 6.45) is 2.24. The molecule has 0 radical (unpaired) electrons. The lowest BCUT2D eigenvalue weighted by Crippen LogP contribution is -2.30. The highest BCUT2D eigenvalue weighted by molar-refractivity contribution is 8.16. The van der Waals surface area contributed by atoms with Gasteiger partial charge in [-0.3, -0.25) is 29.2 Å². The molecule has 5 amide bonds. The summed E-state index contributed by atoms with van der Waals surface area (Å²) in [5.74, 6) is -2.58. The molecular weight excluding hydrogens is 546 g/mol. The number of hydrogen-bond donors (Lipinski definition) is 5. The van der Waals surface area contributed by atoms with Gasteiger partial charge in [0.05, 0.1) is 6.42 Å². The van der Waals surface area contributed by atoms with Crippen molar-refractivity contribution in [3.8, 4) is 0 Å². The van der Waals surface area contributed by atoms with Crippen LogP contribution in [0.4, 0.5) is 4.79 Å². The molecule has 0 aromatic carbocycles. The second-order valence-electron chi connectivity index (χ2n) is 7.03. The van der Waals surface area contributed by atoms with Gasteiger partial charge in [0, 0.05) is 53.8 Å². The number of aliphatic carboxylic acids is 1. The van der Waals surface area contributed by atoms with Crippen LogP contribution in [0.5, 0.6) is 0 Å². The quantitative estimate of drug-likeness (QED) is 0.186. The number of nitrogens with one attached hydrogen (secondary N) is 3. The summed E-state index contributed by atoms with van der Waals surface area (Å²) >= 11 is 2.46. The molecule has 2 unspecified atom stereocenters. The van der Waals surface area contributed by atoms with Gasteiger partial charge >= 0.3 is 23.9 Å². The third kappa shape index (κ3) is 14.0. The van der Waals surface area contributed by atoms with Crippen LogP contribution in [-0.4, -0.2) is 108 Å². The fraction of sp³-hybridized carbons (Fsp3) is 0.450. The Morgan fingerprint density at radius 1 is 0.974 bits per heavy atom. The van der Waals surface area contributed by atoms with E-state index in [1.807, 2.05) is 0 Å². The first-order valence-electron chi connectivity index (χ1n) is 10.5. The molecule has 3 rings (SSSR count). The third-order valence-electron chi connectivity index (χ3n) is 3.98. The molecule has 2 atom stereocenters. The third-order valence-corrected chi connectivity index (χ3v) is 6.33. The van der Waals surface area contributed by atoms with Gasteiger partial charge in [0.2, 0.25) is 17.7 Å². The van der Waals surface area contributed by atoms with Crippen LogP contribution in [0.1, 0.15) is 12.8 Å². The number of amides is 5. The number of primary amides is 1. The molecule has 16 nitrogen and oxygen atoms in total. The Morgan fingerprint density at radius 2 is 1.37 bits per heavy atom. The highest BCUT2D eigenvalue weighted by Gasteiger charge is 2.32. The van der Waals surface area contributed by atoms with Gasteiger partial charge < -0.3 is 36.4 Å². The van der Waals surface area contributed by atoms with Crippen molar-refractivity contribution in [2.75, 3.05) is 35.2 Å². The largest absolute Gasteiger partial charge is 0.481 e. The number of hydrogen-bond acceptors (Lipinski definition) is 12. The second kappa shape index (κ2) is 17.5. The number of ether oxygens (including phenoxy) is 1. The fourth-order valence-electron chi connectivity index (χ4n) is 2.10. The minimum atomic E-state index is -0.972. The van der Waals surface area contributed by atoms with Crippen LogP contribution in [0, 0.1) is 0 Å². The molecular formula is C20H29N7O9S2. The van der Waals surface area contributed by atoms with Crippen molar-refractivity contribution < 1.29 is 43.4 Å². The average molecular weight is 576 g/mol. The van der Waals surface area contributed by atoms with Gasteiger partial charge in [-0.1, -0.05) is 23.5 Å². The zero-order valence-electron chi connectivity index (χ0n) is 21.2. The molecule has 210 valence electrons. The van der Waals surface area contributed by atoms with Crippen LogP contribution >= 0.6 is 23.5 Å². The molecule has 2 saturated heterocycles. The lowest BCUT2D eigenvalue weighted by atomic mass is 10.2. The molecule has 0 aliphatic carbocycles. The average Bonchev–Trinajstić information content (AvgIpc) is 3.52. The standard InChI is InChI=1S/C8H13N3O2S.C6H8N2O3S.C4H2O3.C2H6N2O/c1-9-8-10-7(13)5(14-8)4-6(12)11(2)3;1-7-6-8-5(11)3(12-6)2-4(9)10;5-3-1-2-4(6)7-3;1-4-2(3)5/h5H,4H2,1-3H3,(H,9,10,13);3H,2H2,1H3,(H,9,10)(H,7,8,11);1-2H;1H3,(H3,3,4,5). The maximum Gasteiger partial charge on any atom is 0.338 e. The number of carboxylic acid groups (broad SMARTS) is 1. The van der Waals surface area contributed by atoms with E-state index in [0.29, 0.717) is 10.3 Å². The van der Waals surface area contributed by atoms with Crippen molar-refractivity contribution in [3.05, 3.63) is 12.2 Å². The number of thioether (sulfide) groups is 2. The molecule has 18 heteroatoms. The Kier molecular flexibility index (Phi) is 15.7. The van der Waals surface area contributed by atoms with E-state index in [1.54, 1.807) is 28.2 Å². The van der Waals surface area contributed by atoms with Crippen LogP contribution in [0.3, 0.4) is 0 Å². The van der Waals surface area contributed by atoms with E-state index in [9.17, 15) is 33.6 Å². The number of urea groups is 1. The predicted octanol–water partition coefficient (Wildman–Crippen LogP) is -1.73. The second-order valence-corrected chi connectivity index (χ2v) is 9.41. The number of aliphatic imine (C=N–C) groups is 2. The van der Waals surface area contributed by atoms with E-state index in [-0.39, 0.29) is 35.8 Å². The number of amidine groups is 2. The van der Waals surface area contributed by atoms with Gasteiger partial charge in [0.1, 0.15) is 10.5 Å². The number of carbonyl (C=O) groups is 7. The van der Waals surface area contributed by atoms with E-state index in [1.165, 1.54) is 23.7 Å². The summed E-state index contributed by atoms with van der Waals surface area (Å²) in [7, 11) is 7.98. The highest BCUT2D eigenvalue weighted by Crippen LogP contribution is 2.22. The van der Waals surface area contributed by atoms with Crippen LogP contribution in [0.2, 0.25) is 0 Å². The number of carboxylic acids is 1. The fourth-order valence-corrected chi connectivity index (χ4v) is 3.95. The normalized spacial score (nSPS) is 21.1. The van der Waals surface area contributed by atoms with Crippen molar-refractivity contribution in [2.24, 2.45) is 15.7 Å². The van der Waals surface area contributed by atoms with E-state index in [0.717, 1.165) is 23.9 Å². The maximum atomic E-state index is 11.3. The summed E-state index contributed by atoms with van der Waals surface area (Å²) in [5, 5.41) is 15.9. The molecule has 0 saturated carbocycles. The molecule has 3 aliphatic heterocycles. The van der Waals surface area contributed by atoms with Gasteiger partial charge in [0.25, 0.3) is 0 Å². The van der Waals surface area contributed by atoms with Crippen LogP contribution in [0.15, 0.2) is 22.1 Å². The van der Waals surface area contributed by atoms with Crippen molar-refractivity contribution in [3.63, 3.8) is 0 Å². The number of nitrogens with two attached hydrogens (primary N) is 1. The van der Waals surface area contributed by atoms with E-state index in [2.05, 4.69) is 36.4 Å². The van der Waals surface area contributed by atoms with Crippen molar-refractivity contribution >= 4 is 75.5 Å². The Balaban J connectivity index is 0.000000515. The first-order chi connectivity index (χ1) is 17.7. The highest BCUT2D eigenvalue weighted by atomic mass is 32.2. The molecule has 0 bridgehead atoms. The molecule has 2 fully saturated rings. The molecule has 0 aromatic rings. The zero-order chi connectivity index (χ0) is 29.4. The molecule has 38 heavy (non-hydrogen) atoms. The van der Waals surface area contributed by atoms with Gasteiger partial charge in [-0.05, 0) is 0 Å². The number of rotatable bonds is 4. The molecule has 3 heterocycles. The number of nitrogens with zero attached hydrogens (tertiary/aromatic N) is 3. The van der Waals surface area contributed by atoms with Crippen LogP contribution < -0.4 is 21.7 Å². The lowest BCUT2D eigenvalue weighted by Gasteiger charge is -2.11. The zero-order valence-corrected chi connectivity index (χ0v) is 22.8.